The number of nitrogens with zero attached hydrogens (tertiary/aromatic N) is 1. The van der Waals surface area contributed by atoms with E-state index in [-0.39, 0.29) is 13.0 Å². The topological polar surface area (TPSA) is 65.5 Å². The van der Waals surface area contributed by atoms with E-state index in [0.29, 0.717) is 18.1 Å². The lowest BCUT2D eigenvalue weighted by molar-refractivity contribution is -0.153. The number of ketones is 1. The zero-order valence-corrected chi connectivity index (χ0v) is 14.5. The maximum absolute atomic E-state index is 11.7. The highest BCUT2D eigenvalue weighted by molar-refractivity contribution is 6.34. The van der Waals surface area contributed by atoms with E-state index in [0.717, 1.165) is 5.56 Å². The van der Waals surface area contributed by atoms with E-state index >= 15 is 0 Å². The summed E-state index contributed by atoms with van der Waals surface area (Å²) >= 11 is 0. The van der Waals surface area contributed by atoms with Crippen LogP contribution in [0.1, 0.15) is 18.2 Å². The van der Waals surface area contributed by atoms with Crippen molar-refractivity contribution in [3.8, 4) is 5.75 Å². The van der Waals surface area contributed by atoms with Crippen LogP contribution < -0.4 is 4.74 Å². The van der Waals surface area contributed by atoms with Crippen LogP contribution in [0.15, 0.2) is 60.8 Å². The molecule has 0 radical (unpaired) electrons. The summed E-state index contributed by atoms with van der Waals surface area (Å²) in [6, 6.07) is 17.8. The molecular weight excluding hydrogens is 330 g/mol. The van der Waals surface area contributed by atoms with Crippen molar-refractivity contribution in [3.05, 3.63) is 72.1 Å². The SMILES string of the molecule is CCOC(=O)C(=O)Cc1ccc(OCc2ccc3ccccc3c2)cn1. The van der Waals surface area contributed by atoms with Crippen molar-refractivity contribution >= 4 is 22.5 Å². The number of esters is 1. The third kappa shape index (κ3) is 4.45. The number of rotatable bonds is 7. The van der Waals surface area contributed by atoms with Crippen molar-refractivity contribution in [3.63, 3.8) is 0 Å². The summed E-state index contributed by atoms with van der Waals surface area (Å²) in [6.07, 6.45) is 1.47. The van der Waals surface area contributed by atoms with E-state index < -0.39 is 11.8 Å². The molecule has 0 amide bonds. The maximum Gasteiger partial charge on any atom is 0.375 e. The summed E-state index contributed by atoms with van der Waals surface area (Å²) in [5.41, 5.74) is 1.56. The van der Waals surface area contributed by atoms with Crippen molar-refractivity contribution in [2.24, 2.45) is 0 Å². The first-order chi connectivity index (χ1) is 12.7. The van der Waals surface area contributed by atoms with Crippen molar-refractivity contribution in [2.75, 3.05) is 6.61 Å². The predicted octanol–water partition coefficient (Wildman–Crippen LogP) is 3.49. The van der Waals surface area contributed by atoms with Crippen LogP contribution in [0.25, 0.3) is 10.8 Å². The second-order valence-electron chi connectivity index (χ2n) is 5.78. The molecule has 1 aromatic heterocycles. The van der Waals surface area contributed by atoms with Crippen molar-refractivity contribution < 1.29 is 19.1 Å². The minimum atomic E-state index is -0.828. The van der Waals surface area contributed by atoms with Gasteiger partial charge in [-0.2, -0.15) is 0 Å². The van der Waals surface area contributed by atoms with Crippen molar-refractivity contribution in [1.82, 2.24) is 4.98 Å². The lowest BCUT2D eigenvalue weighted by atomic mass is 10.1. The first kappa shape index (κ1) is 17.6. The molecule has 0 aliphatic heterocycles. The number of hydrogen-bond donors (Lipinski definition) is 0. The zero-order chi connectivity index (χ0) is 18.4. The predicted molar refractivity (Wildman–Crippen MR) is 97.9 cm³/mol. The zero-order valence-electron chi connectivity index (χ0n) is 14.5. The third-order valence-electron chi connectivity index (χ3n) is 3.86. The number of Topliss-reactive ketones (excluding diaryl/α,β-unsaturated/α-hetero) is 1. The minimum Gasteiger partial charge on any atom is -0.487 e. The number of aromatic nitrogens is 1. The highest BCUT2D eigenvalue weighted by Gasteiger charge is 2.15. The monoisotopic (exact) mass is 349 g/mol. The molecule has 0 atom stereocenters. The van der Waals surface area contributed by atoms with Gasteiger partial charge in [-0.25, -0.2) is 4.79 Å². The second-order valence-corrected chi connectivity index (χ2v) is 5.78. The number of carbonyl (C=O) groups is 2. The van der Waals surface area contributed by atoms with Gasteiger partial charge in [-0.15, -0.1) is 0 Å². The first-order valence-electron chi connectivity index (χ1n) is 8.41. The molecule has 3 aromatic rings. The van der Waals surface area contributed by atoms with Crippen LogP contribution >= 0.6 is 0 Å². The lowest BCUT2D eigenvalue weighted by Crippen LogP contribution is -2.19. The van der Waals surface area contributed by atoms with Gasteiger partial charge in [0.2, 0.25) is 5.78 Å². The third-order valence-corrected chi connectivity index (χ3v) is 3.86. The molecule has 132 valence electrons. The van der Waals surface area contributed by atoms with E-state index in [9.17, 15) is 9.59 Å². The molecule has 1 heterocycles. The van der Waals surface area contributed by atoms with Gasteiger partial charge in [0.05, 0.1) is 19.2 Å². The Morgan fingerprint density at radius 3 is 2.54 bits per heavy atom. The summed E-state index contributed by atoms with van der Waals surface area (Å²) in [5, 5.41) is 2.35. The number of hydrogen-bond acceptors (Lipinski definition) is 5. The molecular formula is C21H19NO4. The Morgan fingerprint density at radius 1 is 1.00 bits per heavy atom. The molecule has 3 rings (SSSR count). The molecule has 5 heteroatoms. The highest BCUT2D eigenvalue weighted by atomic mass is 16.5. The highest BCUT2D eigenvalue weighted by Crippen LogP contribution is 2.18. The molecule has 0 fully saturated rings. The van der Waals surface area contributed by atoms with Crippen LogP contribution in [0.3, 0.4) is 0 Å². The Labute approximate surface area is 151 Å². The molecule has 0 saturated heterocycles. The first-order valence-corrected chi connectivity index (χ1v) is 8.41. The number of fused-ring (bicyclic) bond motifs is 1. The normalized spacial score (nSPS) is 10.5. The van der Waals surface area contributed by atoms with Gasteiger partial charge >= 0.3 is 5.97 Å². The maximum atomic E-state index is 11.7. The quantitative estimate of drug-likeness (QED) is 0.482. The summed E-state index contributed by atoms with van der Waals surface area (Å²) < 4.78 is 10.4. The van der Waals surface area contributed by atoms with Crippen molar-refractivity contribution in [1.29, 1.82) is 0 Å². The number of ether oxygens (including phenoxy) is 2. The van der Waals surface area contributed by atoms with Gasteiger partial charge in [0.1, 0.15) is 12.4 Å². The molecule has 0 saturated carbocycles. The standard InChI is InChI=1S/C21H19NO4/c1-2-25-21(24)20(23)12-18-9-10-19(13-22-18)26-14-15-7-8-16-5-3-4-6-17(16)11-15/h3-11,13H,2,12,14H2,1H3. The number of pyridine rings is 1. The molecule has 0 N–H and O–H groups in total. The summed E-state index contributed by atoms with van der Waals surface area (Å²) in [5.74, 6) is -0.833. The molecule has 0 spiro atoms. The summed E-state index contributed by atoms with van der Waals surface area (Å²) in [4.78, 5) is 27.2. The van der Waals surface area contributed by atoms with Gasteiger partial charge in [0.25, 0.3) is 0 Å². The van der Waals surface area contributed by atoms with Crippen LogP contribution in [-0.2, 0) is 27.4 Å². The van der Waals surface area contributed by atoms with Crippen LogP contribution in [0, 0.1) is 0 Å². The van der Waals surface area contributed by atoms with Gasteiger partial charge in [-0.1, -0.05) is 36.4 Å². The van der Waals surface area contributed by atoms with Crippen LogP contribution in [0.2, 0.25) is 0 Å². The van der Waals surface area contributed by atoms with Gasteiger partial charge in [0, 0.05) is 5.69 Å². The van der Waals surface area contributed by atoms with E-state index in [2.05, 4.69) is 34.0 Å². The van der Waals surface area contributed by atoms with E-state index in [1.54, 1.807) is 25.3 Å². The molecule has 5 nitrogen and oxygen atoms in total. The summed E-state index contributed by atoms with van der Waals surface area (Å²) in [6.45, 7) is 2.26. The largest absolute Gasteiger partial charge is 0.487 e. The van der Waals surface area contributed by atoms with E-state index in [1.807, 2.05) is 18.2 Å². The molecule has 26 heavy (non-hydrogen) atoms. The average Bonchev–Trinajstić information content (AvgIpc) is 2.67. The average molecular weight is 349 g/mol. The van der Waals surface area contributed by atoms with E-state index in [4.69, 9.17) is 4.74 Å². The molecule has 2 aromatic carbocycles. The molecule has 0 aliphatic carbocycles. The summed E-state index contributed by atoms with van der Waals surface area (Å²) in [7, 11) is 0. The smallest absolute Gasteiger partial charge is 0.375 e. The van der Waals surface area contributed by atoms with Crippen LogP contribution in [0.5, 0.6) is 5.75 Å². The van der Waals surface area contributed by atoms with Gasteiger partial charge in [-0.3, -0.25) is 9.78 Å². The Kier molecular flexibility index (Phi) is 5.59. The van der Waals surface area contributed by atoms with Crippen LogP contribution in [0.4, 0.5) is 0 Å². The molecule has 0 bridgehead atoms. The Hall–Kier alpha value is -3.21. The Morgan fingerprint density at radius 2 is 1.81 bits per heavy atom. The van der Waals surface area contributed by atoms with E-state index in [1.165, 1.54) is 10.8 Å². The number of carbonyl (C=O) groups excluding carboxylic acids is 2. The Bertz CT molecular complexity index is 919. The molecule has 0 unspecified atom stereocenters. The number of benzene rings is 2. The van der Waals surface area contributed by atoms with Gasteiger partial charge in [0.15, 0.2) is 0 Å². The molecule has 0 aliphatic rings. The van der Waals surface area contributed by atoms with Crippen molar-refractivity contribution in [2.45, 2.75) is 20.0 Å². The second kappa shape index (κ2) is 8.25. The fourth-order valence-electron chi connectivity index (χ4n) is 2.54. The van der Waals surface area contributed by atoms with Gasteiger partial charge in [-0.05, 0) is 41.5 Å². The fraction of sp³-hybridized carbons (Fsp3) is 0.190. The lowest BCUT2D eigenvalue weighted by Gasteiger charge is -2.08. The van der Waals surface area contributed by atoms with Gasteiger partial charge < -0.3 is 9.47 Å². The van der Waals surface area contributed by atoms with Crippen LogP contribution in [-0.4, -0.2) is 23.3 Å². The fourth-order valence-corrected chi connectivity index (χ4v) is 2.54. The Balaban J connectivity index is 1.58. The minimum absolute atomic E-state index is 0.0796.